The van der Waals surface area contributed by atoms with Crippen LogP contribution < -0.4 is 5.73 Å². The highest BCUT2D eigenvalue weighted by molar-refractivity contribution is 6.29. The summed E-state index contributed by atoms with van der Waals surface area (Å²) in [6, 6.07) is 0. The minimum Gasteiger partial charge on any atom is -0.330 e. The lowest BCUT2D eigenvalue weighted by Crippen LogP contribution is -2.38. The van der Waals surface area contributed by atoms with E-state index in [0.29, 0.717) is 11.1 Å². The normalized spacial score (nSPS) is 22.2. The SMILES string of the molecule is NC[C@@H]1CCCN(Cc2nccnc2Cl)C1. The van der Waals surface area contributed by atoms with Crippen molar-refractivity contribution in [1.29, 1.82) is 0 Å². The van der Waals surface area contributed by atoms with Crippen LogP contribution in [0.1, 0.15) is 18.5 Å². The van der Waals surface area contributed by atoms with Gasteiger partial charge in [-0.3, -0.25) is 9.88 Å². The molecule has 4 nitrogen and oxygen atoms in total. The van der Waals surface area contributed by atoms with E-state index in [1.807, 2.05) is 0 Å². The van der Waals surface area contributed by atoms with Crippen molar-refractivity contribution in [3.63, 3.8) is 0 Å². The second kappa shape index (κ2) is 5.57. The highest BCUT2D eigenvalue weighted by atomic mass is 35.5. The van der Waals surface area contributed by atoms with Crippen LogP contribution in [0, 0.1) is 5.92 Å². The number of piperidine rings is 1. The average Bonchev–Trinajstić information content (AvgIpc) is 2.32. The number of hydrogen-bond acceptors (Lipinski definition) is 4. The Balaban J connectivity index is 1.97. The zero-order valence-electron chi connectivity index (χ0n) is 9.27. The molecule has 0 radical (unpaired) electrons. The molecule has 0 spiro atoms. The number of likely N-dealkylation sites (tertiary alicyclic amines) is 1. The highest BCUT2D eigenvalue weighted by Gasteiger charge is 2.19. The van der Waals surface area contributed by atoms with Crippen LogP contribution in [0.25, 0.3) is 0 Å². The molecule has 1 atom stereocenters. The van der Waals surface area contributed by atoms with Gasteiger partial charge in [0, 0.05) is 25.5 Å². The molecule has 5 heteroatoms. The molecule has 0 amide bonds. The van der Waals surface area contributed by atoms with Gasteiger partial charge in [0.05, 0.1) is 5.69 Å². The first-order chi connectivity index (χ1) is 7.79. The molecule has 0 aliphatic carbocycles. The fourth-order valence-corrected chi connectivity index (χ4v) is 2.32. The van der Waals surface area contributed by atoms with Crippen LogP contribution in [-0.4, -0.2) is 34.5 Å². The molecule has 1 fully saturated rings. The van der Waals surface area contributed by atoms with Crippen molar-refractivity contribution in [2.24, 2.45) is 11.7 Å². The summed E-state index contributed by atoms with van der Waals surface area (Å²) in [5, 5.41) is 0.511. The Bertz CT molecular complexity index is 345. The molecule has 2 rings (SSSR count). The Hall–Kier alpha value is -0.710. The summed E-state index contributed by atoms with van der Waals surface area (Å²) < 4.78 is 0. The lowest BCUT2D eigenvalue weighted by molar-refractivity contribution is 0.169. The minimum atomic E-state index is 0.511. The summed E-state index contributed by atoms with van der Waals surface area (Å²) in [6.07, 6.45) is 5.75. The van der Waals surface area contributed by atoms with E-state index < -0.39 is 0 Å². The van der Waals surface area contributed by atoms with Gasteiger partial charge in [0.15, 0.2) is 5.15 Å². The van der Waals surface area contributed by atoms with Gasteiger partial charge in [0.25, 0.3) is 0 Å². The van der Waals surface area contributed by atoms with Crippen molar-refractivity contribution in [2.75, 3.05) is 19.6 Å². The molecule has 1 aliphatic heterocycles. The van der Waals surface area contributed by atoms with Gasteiger partial charge in [-0.25, -0.2) is 4.98 Å². The monoisotopic (exact) mass is 240 g/mol. The number of nitrogens with two attached hydrogens (primary N) is 1. The third-order valence-corrected chi connectivity index (χ3v) is 3.35. The number of aromatic nitrogens is 2. The second-order valence-corrected chi connectivity index (χ2v) is 4.63. The van der Waals surface area contributed by atoms with Crippen LogP contribution in [0.2, 0.25) is 5.15 Å². The Morgan fingerprint density at radius 3 is 3.00 bits per heavy atom. The summed E-state index contributed by atoms with van der Waals surface area (Å²) in [5.41, 5.74) is 6.57. The molecular formula is C11H17ClN4. The van der Waals surface area contributed by atoms with E-state index in [1.165, 1.54) is 12.8 Å². The van der Waals surface area contributed by atoms with E-state index in [0.717, 1.165) is 31.9 Å². The molecule has 1 aromatic rings. The molecule has 2 heterocycles. The molecule has 1 aromatic heterocycles. The molecular weight excluding hydrogens is 224 g/mol. The van der Waals surface area contributed by atoms with Crippen molar-refractivity contribution >= 4 is 11.6 Å². The summed E-state index contributed by atoms with van der Waals surface area (Å²) in [5.74, 6) is 0.615. The molecule has 0 aromatic carbocycles. The Labute approximate surface area is 101 Å². The van der Waals surface area contributed by atoms with E-state index in [9.17, 15) is 0 Å². The lowest BCUT2D eigenvalue weighted by Gasteiger charge is -2.31. The third kappa shape index (κ3) is 2.90. The van der Waals surface area contributed by atoms with Gasteiger partial charge in [0.2, 0.25) is 0 Å². The largest absolute Gasteiger partial charge is 0.330 e. The fraction of sp³-hybridized carbons (Fsp3) is 0.636. The number of rotatable bonds is 3. The molecule has 0 unspecified atom stereocenters. The van der Waals surface area contributed by atoms with Gasteiger partial charge >= 0.3 is 0 Å². The van der Waals surface area contributed by atoms with Crippen LogP contribution in [0.3, 0.4) is 0 Å². The lowest BCUT2D eigenvalue weighted by atomic mass is 9.98. The van der Waals surface area contributed by atoms with Crippen molar-refractivity contribution in [2.45, 2.75) is 19.4 Å². The maximum absolute atomic E-state index is 5.99. The molecule has 16 heavy (non-hydrogen) atoms. The maximum atomic E-state index is 5.99. The predicted molar refractivity (Wildman–Crippen MR) is 64.1 cm³/mol. The molecule has 0 bridgehead atoms. The van der Waals surface area contributed by atoms with Gasteiger partial charge in [-0.15, -0.1) is 0 Å². The van der Waals surface area contributed by atoms with E-state index in [-0.39, 0.29) is 0 Å². The molecule has 88 valence electrons. The first kappa shape index (κ1) is 11.8. The summed E-state index contributed by atoms with van der Waals surface area (Å²) in [6.45, 7) is 3.70. The van der Waals surface area contributed by atoms with E-state index in [4.69, 9.17) is 17.3 Å². The summed E-state index contributed by atoms with van der Waals surface area (Å²) in [7, 11) is 0. The fourth-order valence-electron chi connectivity index (χ4n) is 2.16. The van der Waals surface area contributed by atoms with E-state index in [1.54, 1.807) is 12.4 Å². The van der Waals surface area contributed by atoms with Crippen molar-refractivity contribution in [1.82, 2.24) is 14.9 Å². The number of halogens is 1. The van der Waals surface area contributed by atoms with Gasteiger partial charge in [0.1, 0.15) is 0 Å². The zero-order valence-corrected chi connectivity index (χ0v) is 10.0. The van der Waals surface area contributed by atoms with Crippen molar-refractivity contribution in [3.05, 3.63) is 23.2 Å². The smallest absolute Gasteiger partial charge is 0.151 e. The van der Waals surface area contributed by atoms with Crippen LogP contribution in [0.15, 0.2) is 12.4 Å². The predicted octanol–water partition coefficient (Wildman–Crippen LogP) is 1.30. The van der Waals surface area contributed by atoms with Gasteiger partial charge in [-0.05, 0) is 31.8 Å². The maximum Gasteiger partial charge on any atom is 0.151 e. The highest BCUT2D eigenvalue weighted by Crippen LogP contribution is 2.18. The zero-order chi connectivity index (χ0) is 11.4. The van der Waals surface area contributed by atoms with Crippen LogP contribution in [0.5, 0.6) is 0 Å². The summed E-state index contributed by atoms with van der Waals surface area (Å²) in [4.78, 5) is 10.6. The van der Waals surface area contributed by atoms with Gasteiger partial charge < -0.3 is 5.73 Å². The van der Waals surface area contributed by atoms with Crippen LogP contribution in [-0.2, 0) is 6.54 Å². The molecule has 2 N–H and O–H groups in total. The molecule has 1 saturated heterocycles. The van der Waals surface area contributed by atoms with E-state index in [2.05, 4.69) is 14.9 Å². The minimum absolute atomic E-state index is 0.511. The Kier molecular flexibility index (Phi) is 4.09. The molecule has 1 aliphatic rings. The number of nitrogens with zero attached hydrogens (tertiary/aromatic N) is 3. The second-order valence-electron chi connectivity index (χ2n) is 4.27. The van der Waals surface area contributed by atoms with Crippen LogP contribution >= 0.6 is 11.6 Å². The van der Waals surface area contributed by atoms with Gasteiger partial charge in [-0.1, -0.05) is 11.6 Å². The van der Waals surface area contributed by atoms with Crippen LogP contribution in [0.4, 0.5) is 0 Å². The first-order valence-electron chi connectivity index (χ1n) is 5.67. The van der Waals surface area contributed by atoms with Crippen molar-refractivity contribution < 1.29 is 0 Å². The topological polar surface area (TPSA) is 55.0 Å². The average molecular weight is 241 g/mol. The van der Waals surface area contributed by atoms with Gasteiger partial charge in [-0.2, -0.15) is 0 Å². The van der Waals surface area contributed by atoms with Crippen molar-refractivity contribution in [3.8, 4) is 0 Å². The Morgan fingerprint density at radius 1 is 1.44 bits per heavy atom. The molecule has 0 saturated carbocycles. The quantitative estimate of drug-likeness (QED) is 0.866. The standard InChI is InChI=1S/C11H17ClN4/c12-11-10(14-3-4-15-11)8-16-5-1-2-9(6-13)7-16/h3-4,9H,1-2,5-8,13H2/t9-/m0/s1. The number of hydrogen-bond donors (Lipinski definition) is 1. The Morgan fingerprint density at radius 2 is 2.25 bits per heavy atom. The third-order valence-electron chi connectivity index (χ3n) is 3.03. The van der Waals surface area contributed by atoms with E-state index >= 15 is 0 Å². The first-order valence-corrected chi connectivity index (χ1v) is 6.05. The summed E-state index contributed by atoms with van der Waals surface area (Å²) >= 11 is 5.99.